The quantitative estimate of drug-likeness (QED) is 0.234. The Morgan fingerprint density at radius 2 is 1.22 bits per heavy atom. The van der Waals surface area contributed by atoms with E-state index in [2.05, 4.69) is 5.32 Å². The molecule has 0 aromatic heterocycles. The summed E-state index contributed by atoms with van der Waals surface area (Å²) in [4.78, 5) is 39.4. The molecule has 0 aliphatic rings. The van der Waals surface area contributed by atoms with E-state index in [9.17, 15) is 18.8 Å². The van der Waals surface area contributed by atoms with Crippen molar-refractivity contribution in [3.63, 3.8) is 0 Å². The zero-order valence-corrected chi connectivity index (χ0v) is 21.0. The lowest BCUT2D eigenvalue weighted by molar-refractivity contribution is -0.165. The van der Waals surface area contributed by atoms with Gasteiger partial charge in [-0.1, -0.05) is 72.8 Å². The predicted molar refractivity (Wildman–Crippen MR) is 134 cm³/mol. The summed E-state index contributed by atoms with van der Waals surface area (Å²) in [5, 5.41) is 2.58. The normalized spacial score (nSPS) is 11.9. The molecule has 0 saturated heterocycles. The molecule has 0 saturated carbocycles. The van der Waals surface area contributed by atoms with Gasteiger partial charge in [0.1, 0.15) is 24.6 Å². The topological polar surface area (TPSA) is 90.9 Å². The number of carbonyl (C=O) groups is 3. The molecule has 1 N–H and O–H groups in total. The van der Waals surface area contributed by atoms with E-state index in [4.69, 9.17) is 14.2 Å². The van der Waals surface area contributed by atoms with Gasteiger partial charge in [-0.05, 0) is 49.6 Å². The summed E-state index contributed by atoms with van der Waals surface area (Å²) in [6.07, 6.45) is -0.862. The monoisotopic (exact) mass is 507 g/mol. The molecule has 0 spiro atoms. The van der Waals surface area contributed by atoms with E-state index < -0.39 is 41.4 Å². The number of halogens is 1. The van der Waals surface area contributed by atoms with Crippen LogP contribution in [0.25, 0.3) is 0 Å². The first-order valence-electron chi connectivity index (χ1n) is 11.8. The molecule has 7 nitrogen and oxygen atoms in total. The fourth-order valence-electron chi connectivity index (χ4n) is 3.47. The van der Waals surface area contributed by atoms with Crippen molar-refractivity contribution in [2.75, 3.05) is 0 Å². The maximum absolute atomic E-state index is 13.7. The minimum absolute atomic E-state index is 0.0925. The summed E-state index contributed by atoms with van der Waals surface area (Å²) in [6.45, 7) is 4.85. The summed E-state index contributed by atoms with van der Waals surface area (Å²) in [6, 6.07) is 21.7. The van der Waals surface area contributed by atoms with Crippen LogP contribution in [0, 0.1) is 11.7 Å². The lowest BCUT2D eigenvalue weighted by Crippen LogP contribution is -2.43. The van der Waals surface area contributed by atoms with Crippen molar-refractivity contribution in [1.29, 1.82) is 0 Å². The lowest BCUT2D eigenvalue weighted by atomic mass is 9.92. The van der Waals surface area contributed by atoms with Gasteiger partial charge in [0, 0.05) is 0 Å². The Morgan fingerprint density at radius 1 is 0.757 bits per heavy atom. The van der Waals surface area contributed by atoms with E-state index in [1.165, 1.54) is 24.3 Å². The predicted octanol–water partition coefficient (Wildman–Crippen LogP) is 5.49. The van der Waals surface area contributed by atoms with E-state index >= 15 is 0 Å². The summed E-state index contributed by atoms with van der Waals surface area (Å²) in [5.41, 5.74) is 0.885. The van der Waals surface area contributed by atoms with Crippen molar-refractivity contribution in [2.45, 2.75) is 45.6 Å². The number of carbonyl (C=O) groups excluding carboxylic acids is 3. The third-order valence-corrected chi connectivity index (χ3v) is 5.19. The number of esters is 2. The Hall–Kier alpha value is -4.20. The highest BCUT2D eigenvalue weighted by molar-refractivity contribution is 5.96. The molecule has 1 atom stereocenters. The summed E-state index contributed by atoms with van der Waals surface area (Å²) in [5.74, 6) is -3.93. The Morgan fingerprint density at radius 3 is 1.65 bits per heavy atom. The minimum atomic E-state index is -1.59. The van der Waals surface area contributed by atoms with Crippen molar-refractivity contribution < 1.29 is 33.0 Å². The van der Waals surface area contributed by atoms with Gasteiger partial charge in [-0.15, -0.1) is 0 Å². The zero-order valence-electron chi connectivity index (χ0n) is 21.0. The fourth-order valence-corrected chi connectivity index (χ4v) is 3.47. The van der Waals surface area contributed by atoms with Crippen molar-refractivity contribution in [2.24, 2.45) is 5.92 Å². The molecular weight excluding hydrogens is 477 g/mol. The SMILES string of the molecule is CC(C)(C)OC(=O)N[C@@H](c1ccc(F)cc1)C(C(=O)OCc1ccccc1)C(=O)OCc1ccccc1. The molecule has 194 valence electrons. The molecule has 3 rings (SSSR count). The molecule has 3 aromatic rings. The van der Waals surface area contributed by atoms with Crippen LogP contribution in [0.2, 0.25) is 0 Å². The number of ether oxygens (including phenoxy) is 3. The van der Waals surface area contributed by atoms with Crippen LogP contribution >= 0.6 is 0 Å². The molecule has 8 heteroatoms. The number of alkyl carbamates (subject to hydrolysis) is 1. The Labute approximate surface area is 215 Å². The number of hydrogen-bond donors (Lipinski definition) is 1. The van der Waals surface area contributed by atoms with E-state index in [1.54, 1.807) is 69.3 Å². The number of benzene rings is 3. The van der Waals surface area contributed by atoms with Crippen molar-refractivity contribution in [3.05, 3.63) is 107 Å². The second-order valence-corrected chi connectivity index (χ2v) is 9.34. The molecule has 3 aromatic carbocycles. The first-order valence-corrected chi connectivity index (χ1v) is 11.8. The number of nitrogens with one attached hydrogen (secondary N) is 1. The van der Waals surface area contributed by atoms with E-state index in [-0.39, 0.29) is 13.2 Å². The average Bonchev–Trinajstić information content (AvgIpc) is 2.86. The molecule has 1 amide bonds. The molecule has 0 fully saturated rings. The molecule has 0 radical (unpaired) electrons. The van der Waals surface area contributed by atoms with Gasteiger partial charge in [0.25, 0.3) is 0 Å². The van der Waals surface area contributed by atoms with E-state index in [0.29, 0.717) is 16.7 Å². The maximum atomic E-state index is 13.7. The van der Waals surface area contributed by atoms with Crippen LogP contribution in [0.5, 0.6) is 0 Å². The average molecular weight is 508 g/mol. The number of rotatable bonds is 9. The van der Waals surface area contributed by atoms with Gasteiger partial charge in [-0.2, -0.15) is 0 Å². The van der Waals surface area contributed by atoms with Crippen LogP contribution in [-0.4, -0.2) is 23.6 Å². The minimum Gasteiger partial charge on any atom is -0.460 e. The third kappa shape index (κ3) is 8.75. The van der Waals surface area contributed by atoms with E-state index in [1.807, 2.05) is 12.1 Å². The third-order valence-electron chi connectivity index (χ3n) is 5.19. The van der Waals surface area contributed by atoms with Crippen LogP contribution < -0.4 is 5.32 Å². The van der Waals surface area contributed by atoms with Crippen LogP contribution in [0.15, 0.2) is 84.9 Å². The smallest absolute Gasteiger partial charge is 0.408 e. The fraction of sp³-hybridized carbons (Fsp3) is 0.276. The van der Waals surface area contributed by atoms with Gasteiger partial charge in [0.05, 0.1) is 6.04 Å². The molecule has 0 bridgehead atoms. The second kappa shape index (κ2) is 12.7. The van der Waals surface area contributed by atoms with Crippen LogP contribution in [0.3, 0.4) is 0 Å². The highest BCUT2D eigenvalue weighted by Gasteiger charge is 2.40. The Kier molecular flexibility index (Phi) is 9.38. The summed E-state index contributed by atoms with van der Waals surface area (Å²) >= 11 is 0. The Bertz CT molecular complexity index is 1120. The number of amides is 1. The summed E-state index contributed by atoms with van der Waals surface area (Å²) in [7, 11) is 0. The van der Waals surface area contributed by atoms with Gasteiger partial charge in [0.15, 0.2) is 5.92 Å². The van der Waals surface area contributed by atoms with Gasteiger partial charge in [-0.3, -0.25) is 9.59 Å². The Balaban J connectivity index is 1.91. The van der Waals surface area contributed by atoms with Gasteiger partial charge in [0.2, 0.25) is 0 Å². The van der Waals surface area contributed by atoms with Crippen LogP contribution in [0.4, 0.5) is 9.18 Å². The van der Waals surface area contributed by atoms with Gasteiger partial charge >= 0.3 is 18.0 Å². The molecular formula is C29H30FNO6. The van der Waals surface area contributed by atoms with Crippen molar-refractivity contribution in [3.8, 4) is 0 Å². The summed E-state index contributed by atoms with van der Waals surface area (Å²) < 4.78 is 30.0. The van der Waals surface area contributed by atoms with Crippen molar-refractivity contribution >= 4 is 18.0 Å². The van der Waals surface area contributed by atoms with Gasteiger partial charge < -0.3 is 19.5 Å². The lowest BCUT2D eigenvalue weighted by Gasteiger charge is -2.28. The van der Waals surface area contributed by atoms with Crippen LogP contribution in [0.1, 0.15) is 43.5 Å². The van der Waals surface area contributed by atoms with Gasteiger partial charge in [-0.25, -0.2) is 9.18 Å². The standard InChI is InChI=1S/C29H30FNO6/c1-29(2,3)37-28(34)31-25(22-14-16-23(30)17-15-22)24(26(32)35-18-20-10-6-4-7-11-20)27(33)36-19-21-12-8-5-9-13-21/h4-17,24-25H,18-19H2,1-3H3,(H,31,34)/t25-/m0/s1. The largest absolute Gasteiger partial charge is 0.460 e. The molecule has 0 aliphatic carbocycles. The molecule has 0 heterocycles. The van der Waals surface area contributed by atoms with Crippen molar-refractivity contribution in [1.82, 2.24) is 5.32 Å². The van der Waals surface area contributed by atoms with Crippen LogP contribution in [-0.2, 0) is 37.0 Å². The molecule has 37 heavy (non-hydrogen) atoms. The first kappa shape index (κ1) is 27.4. The van der Waals surface area contributed by atoms with E-state index in [0.717, 1.165) is 0 Å². The highest BCUT2D eigenvalue weighted by atomic mass is 19.1. The number of hydrogen-bond acceptors (Lipinski definition) is 6. The molecule has 0 unspecified atom stereocenters. The molecule has 0 aliphatic heterocycles. The first-order chi connectivity index (χ1) is 17.6. The zero-order chi connectivity index (χ0) is 26.8. The second-order valence-electron chi connectivity index (χ2n) is 9.34. The maximum Gasteiger partial charge on any atom is 0.408 e. The highest BCUT2D eigenvalue weighted by Crippen LogP contribution is 2.27.